The van der Waals surface area contributed by atoms with E-state index in [4.69, 9.17) is 5.73 Å². The van der Waals surface area contributed by atoms with Crippen molar-refractivity contribution in [2.75, 3.05) is 6.54 Å². The zero-order valence-electron chi connectivity index (χ0n) is 12.9. The lowest BCUT2D eigenvalue weighted by molar-refractivity contribution is -0.141. The lowest BCUT2D eigenvalue weighted by Crippen LogP contribution is -2.45. The summed E-state index contributed by atoms with van der Waals surface area (Å²) in [7, 11) is 0. The molecule has 0 aliphatic heterocycles. The third-order valence-corrected chi connectivity index (χ3v) is 4.12. The standard InChI is InChI=1S/C17H26N2O/c1-4-13-5-7-14(8-6-13)11-19(15-9-10-15)16(20)17(2,3)12-18/h5-8,15H,4,9-12,18H2,1-3H3. The molecule has 2 N–H and O–H groups in total. The van der Waals surface area contributed by atoms with Crippen LogP contribution in [0.25, 0.3) is 0 Å². The summed E-state index contributed by atoms with van der Waals surface area (Å²) in [6.45, 7) is 7.12. The highest BCUT2D eigenvalue weighted by Gasteiger charge is 2.38. The number of amides is 1. The average molecular weight is 274 g/mol. The normalized spacial score (nSPS) is 15.2. The van der Waals surface area contributed by atoms with E-state index in [1.165, 1.54) is 11.1 Å². The van der Waals surface area contributed by atoms with Crippen LogP contribution in [0.15, 0.2) is 24.3 Å². The fraction of sp³-hybridized carbons (Fsp3) is 0.588. The molecule has 3 heteroatoms. The third-order valence-electron chi connectivity index (χ3n) is 4.12. The maximum absolute atomic E-state index is 12.7. The van der Waals surface area contributed by atoms with Crippen LogP contribution in [0.3, 0.4) is 0 Å². The molecule has 1 saturated carbocycles. The highest BCUT2D eigenvalue weighted by atomic mass is 16.2. The molecule has 0 bridgehead atoms. The van der Waals surface area contributed by atoms with Gasteiger partial charge in [-0.2, -0.15) is 0 Å². The molecule has 0 unspecified atom stereocenters. The van der Waals surface area contributed by atoms with Crippen LogP contribution in [0.2, 0.25) is 0 Å². The second-order valence-corrected chi connectivity index (χ2v) is 6.42. The largest absolute Gasteiger partial charge is 0.335 e. The number of hydrogen-bond donors (Lipinski definition) is 1. The van der Waals surface area contributed by atoms with Crippen LogP contribution in [0, 0.1) is 5.41 Å². The third kappa shape index (κ3) is 3.40. The number of aryl methyl sites for hydroxylation is 1. The Bertz CT molecular complexity index is 460. The first-order valence-electron chi connectivity index (χ1n) is 7.57. The summed E-state index contributed by atoms with van der Waals surface area (Å²) in [5.74, 6) is 0.182. The first kappa shape index (κ1) is 15.0. The average Bonchev–Trinajstić information content (AvgIpc) is 3.29. The SMILES string of the molecule is CCc1ccc(CN(C(=O)C(C)(C)CN)C2CC2)cc1. The molecule has 0 aromatic heterocycles. The molecule has 0 saturated heterocycles. The summed E-state index contributed by atoms with van der Waals surface area (Å²) < 4.78 is 0. The molecule has 0 spiro atoms. The molecule has 110 valence electrons. The quantitative estimate of drug-likeness (QED) is 0.867. The molecule has 1 fully saturated rings. The molecule has 2 rings (SSSR count). The van der Waals surface area contributed by atoms with Crippen molar-refractivity contribution in [1.82, 2.24) is 4.90 Å². The van der Waals surface area contributed by atoms with Crippen LogP contribution in [-0.2, 0) is 17.8 Å². The smallest absolute Gasteiger partial charge is 0.230 e. The molecule has 1 aliphatic carbocycles. The predicted molar refractivity (Wildman–Crippen MR) is 82.2 cm³/mol. The number of nitrogens with two attached hydrogens (primary N) is 1. The summed E-state index contributed by atoms with van der Waals surface area (Å²) in [4.78, 5) is 14.7. The fourth-order valence-electron chi connectivity index (χ4n) is 2.31. The minimum Gasteiger partial charge on any atom is -0.335 e. The van der Waals surface area contributed by atoms with Gasteiger partial charge >= 0.3 is 0 Å². The van der Waals surface area contributed by atoms with Gasteiger partial charge in [0.25, 0.3) is 0 Å². The van der Waals surface area contributed by atoms with E-state index in [2.05, 4.69) is 31.2 Å². The van der Waals surface area contributed by atoms with E-state index in [1.54, 1.807) is 0 Å². The van der Waals surface area contributed by atoms with Gasteiger partial charge in [0.15, 0.2) is 0 Å². The Balaban J connectivity index is 2.11. The second-order valence-electron chi connectivity index (χ2n) is 6.42. The van der Waals surface area contributed by atoms with Gasteiger partial charge in [-0.3, -0.25) is 4.79 Å². The number of carbonyl (C=O) groups excluding carboxylic acids is 1. The van der Waals surface area contributed by atoms with Crippen LogP contribution >= 0.6 is 0 Å². The van der Waals surface area contributed by atoms with Gasteiger partial charge in [0, 0.05) is 19.1 Å². The van der Waals surface area contributed by atoms with E-state index in [9.17, 15) is 4.79 Å². The Labute approximate surface area is 122 Å². The van der Waals surface area contributed by atoms with Crippen LogP contribution in [-0.4, -0.2) is 23.4 Å². The second kappa shape index (κ2) is 5.96. The Kier molecular flexibility index (Phi) is 4.48. The Morgan fingerprint density at radius 3 is 2.25 bits per heavy atom. The van der Waals surface area contributed by atoms with Gasteiger partial charge in [-0.1, -0.05) is 31.2 Å². The molecule has 1 aliphatic rings. The van der Waals surface area contributed by atoms with E-state index in [1.807, 2.05) is 18.7 Å². The van der Waals surface area contributed by atoms with Gasteiger partial charge in [-0.05, 0) is 44.2 Å². The number of rotatable bonds is 6. The number of nitrogens with zero attached hydrogens (tertiary/aromatic N) is 1. The molecular formula is C17H26N2O. The van der Waals surface area contributed by atoms with E-state index >= 15 is 0 Å². The molecular weight excluding hydrogens is 248 g/mol. The van der Waals surface area contributed by atoms with Crippen molar-refractivity contribution in [3.63, 3.8) is 0 Å². The van der Waals surface area contributed by atoms with Crippen molar-refractivity contribution in [3.8, 4) is 0 Å². The van der Waals surface area contributed by atoms with Crippen molar-refractivity contribution in [2.24, 2.45) is 11.1 Å². The van der Waals surface area contributed by atoms with Gasteiger partial charge < -0.3 is 10.6 Å². The van der Waals surface area contributed by atoms with Crippen LogP contribution in [0.4, 0.5) is 0 Å². The fourth-order valence-corrected chi connectivity index (χ4v) is 2.31. The summed E-state index contributed by atoms with van der Waals surface area (Å²) >= 11 is 0. The number of carbonyl (C=O) groups is 1. The van der Waals surface area contributed by atoms with E-state index in [0.717, 1.165) is 19.3 Å². The first-order valence-corrected chi connectivity index (χ1v) is 7.57. The maximum atomic E-state index is 12.7. The van der Waals surface area contributed by atoms with Gasteiger partial charge in [-0.25, -0.2) is 0 Å². The van der Waals surface area contributed by atoms with Crippen molar-refractivity contribution >= 4 is 5.91 Å². The molecule has 1 amide bonds. The topological polar surface area (TPSA) is 46.3 Å². The Morgan fingerprint density at radius 2 is 1.80 bits per heavy atom. The van der Waals surface area contributed by atoms with Crippen LogP contribution < -0.4 is 5.73 Å². The minimum atomic E-state index is -0.466. The molecule has 0 radical (unpaired) electrons. The molecule has 1 aromatic rings. The van der Waals surface area contributed by atoms with Gasteiger partial charge in [0.1, 0.15) is 0 Å². The van der Waals surface area contributed by atoms with Crippen molar-refractivity contribution in [1.29, 1.82) is 0 Å². The van der Waals surface area contributed by atoms with E-state index in [-0.39, 0.29) is 5.91 Å². The highest BCUT2D eigenvalue weighted by molar-refractivity contribution is 5.82. The van der Waals surface area contributed by atoms with Crippen molar-refractivity contribution in [2.45, 2.75) is 52.6 Å². The zero-order valence-corrected chi connectivity index (χ0v) is 12.9. The lowest BCUT2D eigenvalue weighted by Gasteiger charge is -2.31. The van der Waals surface area contributed by atoms with Crippen LogP contribution in [0.1, 0.15) is 44.7 Å². The highest BCUT2D eigenvalue weighted by Crippen LogP contribution is 2.32. The van der Waals surface area contributed by atoms with Gasteiger partial charge in [0.2, 0.25) is 5.91 Å². The molecule has 1 aromatic carbocycles. The molecule has 20 heavy (non-hydrogen) atoms. The molecule has 3 nitrogen and oxygen atoms in total. The zero-order chi connectivity index (χ0) is 14.8. The van der Waals surface area contributed by atoms with E-state index < -0.39 is 5.41 Å². The predicted octanol–water partition coefficient (Wildman–Crippen LogP) is 2.72. The van der Waals surface area contributed by atoms with Crippen LogP contribution in [0.5, 0.6) is 0 Å². The summed E-state index contributed by atoms with van der Waals surface area (Å²) in [5, 5.41) is 0. The maximum Gasteiger partial charge on any atom is 0.230 e. The molecule has 0 heterocycles. The van der Waals surface area contributed by atoms with E-state index in [0.29, 0.717) is 19.1 Å². The number of benzene rings is 1. The minimum absolute atomic E-state index is 0.182. The molecule has 0 atom stereocenters. The first-order chi connectivity index (χ1) is 9.47. The Hall–Kier alpha value is -1.35. The Morgan fingerprint density at radius 1 is 1.25 bits per heavy atom. The lowest BCUT2D eigenvalue weighted by atomic mass is 9.91. The number of hydrogen-bond acceptors (Lipinski definition) is 2. The van der Waals surface area contributed by atoms with Gasteiger partial charge in [0.05, 0.1) is 5.41 Å². The van der Waals surface area contributed by atoms with Gasteiger partial charge in [-0.15, -0.1) is 0 Å². The van der Waals surface area contributed by atoms with Crippen molar-refractivity contribution in [3.05, 3.63) is 35.4 Å². The summed E-state index contributed by atoms with van der Waals surface area (Å²) in [6.07, 6.45) is 3.30. The van der Waals surface area contributed by atoms with Crippen molar-refractivity contribution < 1.29 is 4.79 Å². The summed E-state index contributed by atoms with van der Waals surface area (Å²) in [5.41, 5.74) is 7.82. The monoisotopic (exact) mass is 274 g/mol. The summed E-state index contributed by atoms with van der Waals surface area (Å²) in [6, 6.07) is 8.99.